The van der Waals surface area contributed by atoms with E-state index in [4.69, 9.17) is 5.73 Å². The van der Waals surface area contributed by atoms with Gasteiger partial charge in [0.2, 0.25) is 5.91 Å². The van der Waals surface area contributed by atoms with Gasteiger partial charge in [-0.25, -0.2) is 8.42 Å². The summed E-state index contributed by atoms with van der Waals surface area (Å²) in [4.78, 5) is 14.0. The summed E-state index contributed by atoms with van der Waals surface area (Å²) in [6.45, 7) is 1.98. The van der Waals surface area contributed by atoms with E-state index >= 15 is 0 Å². The number of piperidine rings is 1. The zero-order valence-electron chi connectivity index (χ0n) is 10.7. The molecule has 0 bridgehead atoms. The molecule has 5 nitrogen and oxygen atoms in total. The highest BCUT2D eigenvalue weighted by atomic mass is 32.2. The van der Waals surface area contributed by atoms with Gasteiger partial charge in [0.15, 0.2) is 9.84 Å². The van der Waals surface area contributed by atoms with Crippen molar-refractivity contribution in [1.82, 2.24) is 4.90 Å². The molecular weight excluding hydrogens is 252 g/mol. The fraction of sp³-hybridized carbons (Fsp3) is 0.917. The lowest BCUT2D eigenvalue weighted by atomic mass is 9.97. The van der Waals surface area contributed by atoms with E-state index in [1.807, 2.05) is 0 Å². The van der Waals surface area contributed by atoms with Crippen LogP contribution in [-0.4, -0.2) is 49.9 Å². The van der Waals surface area contributed by atoms with Crippen LogP contribution in [-0.2, 0) is 14.6 Å². The molecule has 2 rings (SSSR count). The van der Waals surface area contributed by atoms with E-state index in [2.05, 4.69) is 0 Å². The maximum Gasteiger partial charge on any atom is 0.240 e. The molecule has 2 aliphatic rings. The molecular formula is C12H22N2O3S. The minimum atomic E-state index is -3.21. The Labute approximate surface area is 109 Å². The van der Waals surface area contributed by atoms with Gasteiger partial charge in [0.1, 0.15) is 5.25 Å². The Morgan fingerprint density at radius 1 is 1.17 bits per heavy atom. The van der Waals surface area contributed by atoms with Gasteiger partial charge in [0.25, 0.3) is 0 Å². The summed E-state index contributed by atoms with van der Waals surface area (Å²) in [5, 5.41) is -0.777. The zero-order chi connectivity index (χ0) is 13.2. The molecule has 0 spiro atoms. The molecule has 2 heterocycles. The van der Waals surface area contributed by atoms with Crippen LogP contribution in [0.1, 0.15) is 32.1 Å². The molecule has 104 valence electrons. The third kappa shape index (κ3) is 2.85. The molecule has 2 fully saturated rings. The number of nitrogens with zero attached hydrogens (tertiary/aromatic N) is 1. The average molecular weight is 274 g/mol. The lowest BCUT2D eigenvalue weighted by molar-refractivity contribution is -0.132. The maximum atomic E-state index is 12.3. The SMILES string of the molecule is NCC1CCN(C(=O)C2CCCCS2(=O)=O)CC1. The monoisotopic (exact) mass is 274 g/mol. The lowest BCUT2D eigenvalue weighted by Crippen LogP contribution is -2.48. The number of hydrogen-bond acceptors (Lipinski definition) is 4. The highest BCUT2D eigenvalue weighted by molar-refractivity contribution is 7.92. The topological polar surface area (TPSA) is 80.5 Å². The van der Waals surface area contributed by atoms with Crippen molar-refractivity contribution in [2.75, 3.05) is 25.4 Å². The van der Waals surface area contributed by atoms with Crippen molar-refractivity contribution in [3.63, 3.8) is 0 Å². The fourth-order valence-electron chi connectivity index (χ4n) is 2.82. The van der Waals surface area contributed by atoms with Gasteiger partial charge in [-0.05, 0) is 38.1 Å². The molecule has 2 N–H and O–H groups in total. The van der Waals surface area contributed by atoms with E-state index in [1.165, 1.54) is 0 Å². The second-order valence-electron chi connectivity index (χ2n) is 5.36. The summed E-state index contributed by atoms with van der Waals surface area (Å²) in [5.41, 5.74) is 5.61. The van der Waals surface area contributed by atoms with E-state index in [0.29, 0.717) is 38.4 Å². The van der Waals surface area contributed by atoms with Crippen molar-refractivity contribution >= 4 is 15.7 Å². The normalized spacial score (nSPS) is 29.2. The van der Waals surface area contributed by atoms with Crippen molar-refractivity contribution in [3.05, 3.63) is 0 Å². The molecule has 2 aliphatic heterocycles. The van der Waals surface area contributed by atoms with Gasteiger partial charge in [-0.3, -0.25) is 4.79 Å². The number of hydrogen-bond donors (Lipinski definition) is 1. The summed E-state index contributed by atoms with van der Waals surface area (Å²) < 4.78 is 23.8. The quantitative estimate of drug-likeness (QED) is 0.777. The Morgan fingerprint density at radius 3 is 2.39 bits per heavy atom. The molecule has 1 unspecified atom stereocenters. The summed E-state index contributed by atoms with van der Waals surface area (Å²) in [5.74, 6) is 0.477. The smallest absolute Gasteiger partial charge is 0.240 e. The molecule has 1 atom stereocenters. The lowest BCUT2D eigenvalue weighted by Gasteiger charge is -2.34. The first-order valence-electron chi connectivity index (χ1n) is 6.75. The van der Waals surface area contributed by atoms with Gasteiger partial charge in [-0.2, -0.15) is 0 Å². The number of carbonyl (C=O) groups is 1. The fourth-order valence-corrected chi connectivity index (χ4v) is 4.70. The molecule has 0 aromatic rings. The molecule has 0 aromatic carbocycles. The minimum absolute atomic E-state index is 0.169. The largest absolute Gasteiger partial charge is 0.342 e. The van der Waals surface area contributed by atoms with E-state index < -0.39 is 15.1 Å². The molecule has 0 aromatic heterocycles. The highest BCUT2D eigenvalue weighted by Gasteiger charge is 2.38. The van der Waals surface area contributed by atoms with Crippen LogP contribution < -0.4 is 5.73 Å². The first-order chi connectivity index (χ1) is 8.54. The van der Waals surface area contributed by atoms with E-state index in [-0.39, 0.29) is 11.7 Å². The second-order valence-corrected chi connectivity index (χ2v) is 7.66. The van der Waals surface area contributed by atoms with Gasteiger partial charge in [0, 0.05) is 13.1 Å². The van der Waals surface area contributed by atoms with E-state index in [1.54, 1.807) is 4.90 Å². The van der Waals surface area contributed by atoms with Crippen molar-refractivity contribution in [3.8, 4) is 0 Å². The third-order valence-electron chi connectivity index (χ3n) is 4.11. The molecule has 2 saturated heterocycles. The van der Waals surface area contributed by atoms with Gasteiger partial charge >= 0.3 is 0 Å². The first kappa shape index (κ1) is 13.8. The Morgan fingerprint density at radius 2 is 1.83 bits per heavy atom. The average Bonchev–Trinajstić information content (AvgIpc) is 2.37. The van der Waals surface area contributed by atoms with Gasteiger partial charge in [-0.15, -0.1) is 0 Å². The summed E-state index contributed by atoms with van der Waals surface area (Å²) in [6, 6.07) is 0. The first-order valence-corrected chi connectivity index (χ1v) is 8.46. The molecule has 1 amide bonds. The second kappa shape index (κ2) is 5.57. The van der Waals surface area contributed by atoms with E-state index in [9.17, 15) is 13.2 Å². The van der Waals surface area contributed by atoms with Crippen LogP contribution in [0.5, 0.6) is 0 Å². The Kier molecular flexibility index (Phi) is 4.27. The Bertz CT molecular complexity index is 400. The van der Waals surface area contributed by atoms with E-state index in [0.717, 1.165) is 19.3 Å². The van der Waals surface area contributed by atoms with Crippen molar-refractivity contribution in [2.45, 2.75) is 37.4 Å². The number of rotatable bonds is 2. The zero-order valence-corrected chi connectivity index (χ0v) is 11.5. The molecule has 0 saturated carbocycles. The summed E-state index contributed by atoms with van der Waals surface area (Å²) in [7, 11) is -3.21. The number of sulfone groups is 1. The predicted molar refractivity (Wildman–Crippen MR) is 69.8 cm³/mol. The van der Waals surface area contributed by atoms with Crippen molar-refractivity contribution < 1.29 is 13.2 Å². The van der Waals surface area contributed by atoms with Gasteiger partial charge in [0.05, 0.1) is 5.75 Å². The highest BCUT2D eigenvalue weighted by Crippen LogP contribution is 2.24. The van der Waals surface area contributed by atoms with Crippen LogP contribution in [0.3, 0.4) is 0 Å². The number of carbonyl (C=O) groups excluding carboxylic acids is 1. The van der Waals surface area contributed by atoms with Crippen LogP contribution in [0.15, 0.2) is 0 Å². The Balaban J connectivity index is 1.99. The third-order valence-corrected chi connectivity index (χ3v) is 6.28. The van der Waals surface area contributed by atoms with Gasteiger partial charge in [-0.1, -0.05) is 6.42 Å². The number of nitrogens with two attached hydrogens (primary N) is 1. The van der Waals surface area contributed by atoms with Crippen LogP contribution in [0.25, 0.3) is 0 Å². The molecule has 0 aliphatic carbocycles. The van der Waals surface area contributed by atoms with Crippen LogP contribution in [0, 0.1) is 5.92 Å². The van der Waals surface area contributed by atoms with Crippen LogP contribution in [0.2, 0.25) is 0 Å². The van der Waals surface area contributed by atoms with Gasteiger partial charge < -0.3 is 10.6 Å². The Hall–Kier alpha value is -0.620. The van der Waals surface area contributed by atoms with Crippen LogP contribution >= 0.6 is 0 Å². The molecule has 18 heavy (non-hydrogen) atoms. The standard InChI is InChI=1S/C12H22N2O3S/c13-9-10-4-6-14(7-5-10)12(15)11-3-1-2-8-18(11,16)17/h10-11H,1-9,13H2. The summed E-state index contributed by atoms with van der Waals surface area (Å²) >= 11 is 0. The number of amides is 1. The molecule has 0 radical (unpaired) electrons. The summed E-state index contributed by atoms with van der Waals surface area (Å²) in [6.07, 6.45) is 3.83. The molecule has 6 heteroatoms. The predicted octanol–water partition coefficient (Wildman–Crippen LogP) is 0.151. The van der Waals surface area contributed by atoms with Crippen LogP contribution in [0.4, 0.5) is 0 Å². The van der Waals surface area contributed by atoms with Crippen molar-refractivity contribution in [2.24, 2.45) is 11.7 Å². The maximum absolute atomic E-state index is 12.3. The number of likely N-dealkylation sites (tertiary alicyclic amines) is 1. The van der Waals surface area contributed by atoms with Crippen molar-refractivity contribution in [1.29, 1.82) is 0 Å². The minimum Gasteiger partial charge on any atom is -0.342 e.